The molecule has 0 spiro atoms. The lowest BCUT2D eigenvalue weighted by Gasteiger charge is -2.35. The lowest BCUT2D eigenvalue weighted by Crippen LogP contribution is -2.26. The average Bonchev–Trinajstić information content (AvgIpc) is 2.93. The van der Waals surface area contributed by atoms with E-state index >= 15 is 0 Å². The Morgan fingerprint density at radius 1 is 0.579 bits per heavy atom. The van der Waals surface area contributed by atoms with Gasteiger partial charge in [-0.05, 0) is 94.8 Å². The van der Waals surface area contributed by atoms with Gasteiger partial charge in [0.1, 0.15) is 23.0 Å². The first-order valence-electron chi connectivity index (χ1n) is 13.4. The summed E-state index contributed by atoms with van der Waals surface area (Å²) in [5.74, 6) is 0.880. The van der Waals surface area contributed by atoms with Gasteiger partial charge in [-0.15, -0.1) is 0 Å². The van der Waals surface area contributed by atoms with E-state index in [-0.39, 0.29) is 23.0 Å². The topological polar surface area (TPSA) is 80.9 Å². The summed E-state index contributed by atoms with van der Waals surface area (Å²) in [6, 6.07) is 25.8. The number of phenolic OH excluding ortho intramolecular Hbond substituents is 4. The van der Waals surface area contributed by atoms with E-state index < -0.39 is 5.41 Å². The molecule has 0 saturated heterocycles. The maximum atomic E-state index is 11.4. The Kier molecular flexibility index (Phi) is 5.91. The molecule has 1 saturated carbocycles. The summed E-state index contributed by atoms with van der Waals surface area (Å²) < 4.78 is 0. The predicted molar refractivity (Wildman–Crippen MR) is 152 cm³/mol. The van der Waals surface area contributed by atoms with E-state index in [2.05, 4.69) is 24.3 Å². The molecule has 6 rings (SSSR count). The van der Waals surface area contributed by atoms with E-state index in [1.807, 2.05) is 31.2 Å². The Bertz CT molecular complexity index is 1540. The molecule has 0 aromatic heterocycles. The minimum atomic E-state index is -1.03. The highest BCUT2D eigenvalue weighted by molar-refractivity contribution is 5.96. The van der Waals surface area contributed by atoms with Crippen LogP contribution in [-0.4, -0.2) is 20.4 Å². The molecule has 4 nitrogen and oxygen atoms in total. The number of fused-ring (bicyclic) bond motifs is 2. The van der Waals surface area contributed by atoms with Gasteiger partial charge in [-0.2, -0.15) is 0 Å². The molecule has 0 heterocycles. The van der Waals surface area contributed by atoms with E-state index in [1.165, 1.54) is 37.7 Å². The SMILES string of the molecule is CC(c1ccc(C2CCCCC2)cc1)(c1c(O)ccc2ccc(O)cc12)c1c(O)ccc2ccc(O)cc12. The maximum Gasteiger partial charge on any atom is 0.120 e. The highest BCUT2D eigenvalue weighted by Crippen LogP contribution is 2.51. The molecule has 0 unspecified atom stereocenters. The Morgan fingerprint density at radius 3 is 1.55 bits per heavy atom. The molecule has 38 heavy (non-hydrogen) atoms. The molecule has 0 bridgehead atoms. The first-order chi connectivity index (χ1) is 18.4. The van der Waals surface area contributed by atoms with Gasteiger partial charge in [0.05, 0.1) is 5.41 Å². The monoisotopic (exact) mass is 504 g/mol. The smallest absolute Gasteiger partial charge is 0.120 e. The van der Waals surface area contributed by atoms with E-state index in [4.69, 9.17) is 0 Å². The first kappa shape index (κ1) is 24.2. The van der Waals surface area contributed by atoms with Crippen LogP contribution in [0.4, 0.5) is 0 Å². The van der Waals surface area contributed by atoms with Gasteiger partial charge in [0.2, 0.25) is 0 Å². The zero-order chi connectivity index (χ0) is 26.4. The summed E-state index contributed by atoms with van der Waals surface area (Å²) >= 11 is 0. The van der Waals surface area contributed by atoms with Crippen molar-refractivity contribution >= 4 is 21.5 Å². The van der Waals surface area contributed by atoms with Crippen molar-refractivity contribution in [1.29, 1.82) is 0 Å². The zero-order valence-electron chi connectivity index (χ0n) is 21.5. The molecule has 0 aliphatic heterocycles. The van der Waals surface area contributed by atoms with Crippen LogP contribution >= 0.6 is 0 Å². The van der Waals surface area contributed by atoms with Crippen molar-refractivity contribution in [2.24, 2.45) is 0 Å². The normalized spacial score (nSPS) is 14.8. The minimum Gasteiger partial charge on any atom is -0.508 e. The highest BCUT2D eigenvalue weighted by atomic mass is 16.3. The minimum absolute atomic E-state index is 0.0681. The summed E-state index contributed by atoms with van der Waals surface area (Å²) in [6.45, 7) is 2.00. The van der Waals surface area contributed by atoms with Crippen molar-refractivity contribution in [2.45, 2.75) is 50.4 Å². The largest absolute Gasteiger partial charge is 0.508 e. The summed E-state index contributed by atoms with van der Waals surface area (Å²) in [6.07, 6.45) is 6.20. The van der Waals surface area contributed by atoms with Crippen molar-refractivity contribution in [3.63, 3.8) is 0 Å². The Balaban J connectivity index is 1.68. The van der Waals surface area contributed by atoms with Gasteiger partial charge in [0, 0.05) is 11.1 Å². The third kappa shape index (κ3) is 3.92. The Morgan fingerprint density at radius 2 is 1.05 bits per heavy atom. The molecule has 1 fully saturated rings. The lowest BCUT2D eigenvalue weighted by atomic mass is 9.67. The highest BCUT2D eigenvalue weighted by Gasteiger charge is 2.39. The predicted octanol–water partition coefficient (Wildman–Crippen LogP) is 8.22. The molecule has 192 valence electrons. The molecular formula is C34H32O4. The van der Waals surface area contributed by atoms with E-state index in [9.17, 15) is 20.4 Å². The van der Waals surface area contributed by atoms with Crippen LogP contribution in [0.15, 0.2) is 84.9 Å². The Labute approximate surface area is 222 Å². The van der Waals surface area contributed by atoms with Crippen molar-refractivity contribution in [3.05, 3.63) is 107 Å². The number of benzene rings is 5. The van der Waals surface area contributed by atoms with E-state index in [0.717, 1.165) is 16.3 Å². The van der Waals surface area contributed by atoms with Crippen LogP contribution in [0.25, 0.3) is 21.5 Å². The molecule has 0 atom stereocenters. The second-order valence-corrected chi connectivity index (χ2v) is 10.8. The van der Waals surface area contributed by atoms with Gasteiger partial charge in [0.15, 0.2) is 0 Å². The zero-order valence-corrected chi connectivity index (χ0v) is 21.5. The van der Waals surface area contributed by atoms with Crippen LogP contribution < -0.4 is 0 Å². The summed E-state index contributed by atoms with van der Waals surface area (Å²) in [5, 5.41) is 46.8. The van der Waals surface area contributed by atoms with Crippen molar-refractivity contribution < 1.29 is 20.4 Å². The molecule has 5 aromatic rings. The number of phenols is 4. The quantitative estimate of drug-likeness (QED) is 0.186. The average molecular weight is 505 g/mol. The van der Waals surface area contributed by atoms with Gasteiger partial charge in [0.25, 0.3) is 0 Å². The van der Waals surface area contributed by atoms with Gasteiger partial charge >= 0.3 is 0 Å². The molecule has 1 aliphatic carbocycles. The summed E-state index contributed by atoms with van der Waals surface area (Å²) in [7, 11) is 0. The third-order valence-corrected chi connectivity index (χ3v) is 8.53. The van der Waals surface area contributed by atoms with Gasteiger partial charge < -0.3 is 20.4 Å². The molecule has 0 amide bonds. The fourth-order valence-corrected chi connectivity index (χ4v) is 6.58. The summed E-state index contributed by atoms with van der Waals surface area (Å²) in [4.78, 5) is 0. The first-order valence-corrected chi connectivity index (χ1v) is 13.4. The number of hydrogen-bond donors (Lipinski definition) is 4. The van der Waals surface area contributed by atoms with E-state index in [0.29, 0.717) is 27.8 Å². The van der Waals surface area contributed by atoms with Crippen LogP contribution in [0.5, 0.6) is 23.0 Å². The van der Waals surface area contributed by atoms with Crippen LogP contribution in [-0.2, 0) is 5.41 Å². The van der Waals surface area contributed by atoms with Crippen LogP contribution in [0.1, 0.15) is 67.2 Å². The fraction of sp³-hybridized carbons (Fsp3) is 0.235. The third-order valence-electron chi connectivity index (χ3n) is 8.53. The molecular weight excluding hydrogens is 472 g/mol. The fourth-order valence-electron chi connectivity index (χ4n) is 6.58. The number of rotatable bonds is 4. The second-order valence-electron chi connectivity index (χ2n) is 10.8. The molecule has 5 aromatic carbocycles. The number of aromatic hydroxyl groups is 4. The van der Waals surface area contributed by atoms with Crippen molar-refractivity contribution in [2.75, 3.05) is 0 Å². The van der Waals surface area contributed by atoms with E-state index in [1.54, 1.807) is 36.4 Å². The van der Waals surface area contributed by atoms with Crippen molar-refractivity contribution in [1.82, 2.24) is 0 Å². The van der Waals surface area contributed by atoms with Crippen LogP contribution in [0.3, 0.4) is 0 Å². The lowest BCUT2D eigenvalue weighted by molar-refractivity contribution is 0.442. The Hall–Kier alpha value is -4.18. The van der Waals surface area contributed by atoms with Gasteiger partial charge in [-0.1, -0.05) is 67.8 Å². The molecule has 1 aliphatic rings. The molecule has 0 radical (unpaired) electrons. The molecule has 4 heteroatoms. The maximum absolute atomic E-state index is 11.4. The standard InChI is InChI=1S/C34H32O4/c1-34(25-13-7-22(8-14-25)21-5-3-2-4-6-21,32-28-19-26(35)15-9-23(28)11-17-30(32)37)33-29-20-27(36)16-10-24(29)12-18-31(33)38/h7-21,35-38H,2-6H2,1H3. The molecule has 4 N–H and O–H groups in total. The van der Waals surface area contributed by atoms with Gasteiger partial charge in [-0.3, -0.25) is 0 Å². The van der Waals surface area contributed by atoms with Gasteiger partial charge in [-0.25, -0.2) is 0 Å². The van der Waals surface area contributed by atoms with Crippen molar-refractivity contribution in [3.8, 4) is 23.0 Å². The summed E-state index contributed by atoms with van der Waals surface area (Å²) in [5.41, 5.74) is 2.36. The second kappa shape index (κ2) is 9.29. The number of hydrogen-bond acceptors (Lipinski definition) is 4. The van der Waals surface area contributed by atoms with Crippen LogP contribution in [0.2, 0.25) is 0 Å². The van der Waals surface area contributed by atoms with Crippen LogP contribution in [0, 0.1) is 0 Å².